The molecule has 154 valence electrons. The molecule has 1 aliphatic rings. The zero-order valence-electron chi connectivity index (χ0n) is 16.7. The van der Waals surface area contributed by atoms with Crippen LogP contribution in [0, 0.1) is 0 Å². The summed E-state index contributed by atoms with van der Waals surface area (Å²) < 4.78 is 10.3. The molecule has 4 rings (SSSR count). The summed E-state index contributed by atoms with van der Waals surface area (Å²) in [5.74, 6) is 0.537. The number of amides is 2. The Morgan fingerprint density at radius 3 is 2.33 bits per heavy atom. The fraction of sp³-hybridized carbons (Fsp3) is 0.217. The lowest BCUT2D eigenvalue weighted by molar-refractivity contribution is 0.0748. The molecule has 0 spiro atoms. The van der Waals surface area contributed by atoms with Crippen LogP contribution in [0.4, 0.5) is 11.4 Å². The van der Waals surface area contributed by atoms with Crippen LogP contribution in [0.1, 0.15) is 20.9 Å². The molecule has 2 heterocycles. The second-order valence-corrected chi connectivity index (χ2v) is 6.95. The van der Waals surface area contributed by atoms with Gasteiger partial charge < -0.3 is 24.3 Å². The van der Waals surface area contributed by atoms with Crippen molar-refractivity contribution in [1.82, 2.24) is 4.90 Å². The maximum atomic E-state index is 13.1. The highest BCUT2D eigenvalue weighted by Gasteiger charge is 2.24. The highest BCUT2D eigenvalue weighted by atomic mass is 16.5. The van der Waals surface area contributed by atoms with Crippen molar-refractivity contribution in [3.05, 3.63) is 78.3 Å². The molecule has 2 aromatic carbocycles. The first-order valence-corrected chi connectivity index (χ1v) is 9.78. The van der Waals surface area contributed by atoms with E-state index in [9.17, 15) is 9.59 Å². The fourth-order valence-electron chi connectivity index (χ4n) is 3.50. The Kier molecular flexibility index (Phi) is 5.70. The van der Waals surface area contributed by atoms with Crippen LogP contribution in [0.2, 0.25) is 0 Å². The third-order valence-electron chi connectivity index (χ3n) is 5.16. The normalized spacial score (nSPS) is 13.8. The summed E-state index contributed by atoms with van der Waals surface area (Å²) in [5.41, 5.74) is 2.05. The van der Waals surface area contributed by atoms with E-state index in [2.05, 4.69) is 10.2 Å². The molecule has 0 unspecified atom stereocenters. The first kappa shape index (κ1) is 19.6. The smallest absolute Gasteiger partial charge is 0.291 e. The van der Waals surface area contributed by atoms with Gasteiger partial charge in [0.2, 0.25) is 0 Å². The molecule has 0 saturated carbocycles. The number of nitrogens with one attached hydrogen (secondary N) is 1. The number of benzene rings is 2. The van der Waals surface area contributed by atoms with Gasteiger partial charge in [-0.3, -0.25) is 9.59 Å². The molecule has 1 fully saturated rings. The Bertz CT molecular complexity index is 1010. The van der Waals surface area contributed by atoms with Crippen molar-refractivity contribution in [2.24, 2.45) is 0 Å². The van der Waals surface area contributed by atoms with Crippen molar-refractivity contribution in [3.8, 4) is 5.75 Å². The molecular weight excluding hydrogens is 382 g/mol. The molecule has 0 aliphatic carbocycles. The number of piperazine rings is 1. The number of carbonyl (C=O) groups is 2. The predicted octanol–water partition coefficient (Wildman–Crippen LogP) is 3.50. The van der Waals surface area contributed by atoms with Gasteiger partial charge in [0, 0.05) is 31.9 Å². The van der Waals surface area contributed by atoms with Gasteiger partial charge in [-0.15, -0.1) is 0 Å². The lowest BCUT2D eigenvalue weighted by Gasteiger charge is -2.36. The number of hydrogen-bond donors (Lipinski definition) is 1. The Balaban J connectivity index is 1.42. The molecule has 1 N–H and O–H groups in total. The van der Waals surface area contributed by atoms with Crippen LogP contribution in [-0.4, -0.2) is 50.0 Å². The largest absolute Gasteiger partial charge is 0.497 e. The van der Waals surface area contributed by atoms with Gasteiger partial charge in [-0.25, -0.2) is 0 Å². The van der Waals surface area contributed by atoms with Gasteiger partial charge in [-0.05, 0) is 48.5 Å². The van der Waals surface area contributed by atoms with Crippen LogP contribution in [0.5, 0.6) is 5.75 Å². The number of nitrogens with zero attached hydrogens (tertiary/aromatic N) is 2. The molecule has 7 nitrogen and oxygen atoms in total. The van der Waals surface area contributed by atoms with E-state index >= 15 is 0 Å². The third kappa shape index (κ3) is 4.15. The second kappa shape index (κ2) is 8.73. The number of carbonyl (C=O) groups excluding carboxylic acids is 2. The van der Waals surface area contributed by atoms with E-state index < -0.39 is 0 Å². The van der Waals surface area contributed by atoms with Crippen LogP contribution in [0.3, 0.4) is 0 Å². The maximum absolute atomic E-state index is 13.1. The van der Waals surface area contributed by atoms with Gasteiger partial charge >= 0.3 is 0 Å². The van der Waals surface area contributed by atoms with E-state index in [4.69, 9.17) is 9.15 Å². The van der Waals surface area contributed by atoms with Crippen molar-refractivity contribution in [3.63, 3.8) is 0 Å². The Hall–Kier alpha value is -3.74. The Morgan fingerprint density at radius 1 is 0.933 bits per heavy atom. The molecule has 7 heteroatoms. The van der Waals surface area contributed by atoms with Crippen molar-refractivity contribution in [1.29, 1.82) is 0 Å². The van der Waals surface area contributed by atoms with Crippen LogP contribution in [0.25, 0.3) is 0 Å². The number of ether oxygens (including phenoxy) is 1. The van der Waals surface area contributed by atoms with E-state index in [0.29, 0.717) is 24.3 Å². The lowest BCUT2D eigenvalue weighted by Crippen LogP contribution is -2.48. The summed E-state index contributed by atoms with van der Waals surface area (Å²) in [4.78, 5) is 29.5. The molecule has 1 aromatic heterocycles. The van der Waals surface area contributed by atoms with Gasteiger partial charge in [-0.2, -0.15) is 0 Å². The summed E-state index contributed by atoms with van der Waals surface area (Å²) in [7, 11) is 1.65. The lowest BCUT2D eigenvalue weighted by atomic mass is 10.1. The second-order valence-electron chi connectivity index (χ2n) is 6.95. The van der Waals surface area contributed by atoms with Crippen LogP contribution >= 0.6 is 0 Å². The topological polar surface area (TPSA) is 75.0 Å². The number of rotatable bonds is 5. The number of furan rings is 1. The molecule has 0 radical (unpaired) electrons. The minimum Gasteiger partial charge on any atom is -0.497 e. The van der Waals surface area contributed by atoms with Gasteiger partial charge in [0.1, 0.15) is 5.75 Å². The highest BCUT2D eigenvalue weighted by Crippen LogP contribution is 2.23. The van der Waals surface area contributed by atoms with Gasteiger partial charge in [0.25, 0.3) is 11.8 Å². The SMILES string of the molecule is COc1ccc(N2CCN(C(=O)c3ccccc3NC(=O)c3ccco3)CC2)cc1. The van der Waals surface area contributed by atoms with E-state index in [0.717, 1.165) is 24.5 Å². The molecule has 3 aromatic rings. The van der Waals surface area contributed by atoms with Crippen molar-refractivity contribution in [2.45, 2.75) is 0 Å². The molecule has 1 aliphatic heterocycles. The zero-order valence-corrected chi connectivity index (χ0v) is 16.7. The standard InChI is InChI=1S/C23H23N3O4/c1-29-18-10-8-17(9-11-18)25-12-14-26(15-13-25)23(28)19-5-2-3-6-20(19)24-22(27)21-7-4-16-30-21/h2-11,16H,12-15H2,1H3,(H,24,27). The minimum atomic E-state index is -0.385. The predicted molar refractivity (Wildman–Crippen MR) is 114 cm³/mol. The summed E-state index contributed by atoms with van der Waals surface area (Å²) in [6.07, 6.45) is 1.44. The van der Waals surface area contributed by atoms with Crippen LogP contribution < -0.4 is 15.0 Å². The average Bonchev–Trinajstić information content (AvgIpc) is 3.34. The number of methoxy groups -OCH3 is 1. The van der Waals surface area contributed by atoms with Crippen molar-refractivity contribution < 1.29 is 18.7 Å². The Labute approximate surface area is 174 Å². The van der Waals surface area contributed by atoms with E-state index in [1.54, 1.807) is 43.5 Å². The average molecular weight is 405 g/mol. The monoisotopic (exact) mass is 405 g/mol. The fourth-order valence-corrected chi connectivity index (χ4v) is 3.50. The first-order chi connectivity index (χ1) is 14.7. The number of hydrogen-bond acceptors (Lipinski definition) is 5. The van der Waals surface area contributed by atoms with Gasteiger partial charge in [0.05, 0.1) is 24.6 Å². The van der Waals surface area contributed by atoms with Gasteiger partial charge in [0.15, 0.2) is 5.76 Å². The molecular formula is C23H23N3O4. The Morgan fingerprint density at radius 2 is 1.67 bits per heavy atom. The number of para-hydroxylation sites is 1. The van der Waals surface area contributed by atoms with Crippen LogP contribution in [-0.2, 0) is 0 Å². The summed E-state index contributed by atoms with van der Waals surface area (Å²) >= 11 is 0. The van der Waals surface area contributed by atoms with E-state index in [-0.39, 0.29) is 17.6 Å². The summed E-state index contributed by atoms with van der Waals surface area (Å²) in [6, 6.07) is 18.2. The van der Waals surface area contributed by atoms with Crippen molar-refractivity contribution in [2.75, 3.05) is 43.5 Å². The molecule has 2 amide bonds. The summed E-state index contributed by atoms with van der Waals surface area (Å²) in [5, 5.41) is 2.78. The molecule has 30 heavy (non-hydrogen) atoms. The first-order valence-electron chi connectivity index (χ1n) is 9.78. The third-order valence-corrected chi connectivity index (χ3v) is 5.16. The highest BCUT2D eigenvalue weighted by molar-refractivity contribution is 6.07. The molecule has 0 bridgehead atoms. The summed E-state index contributed by atoms with van der Waals surface area (Å²) in [6.45, 7) is 2.68. The van der Waals surface area contributed by atoms with Crippen molar-refractivity contribution >= 4 is 23.2 Å². The van der Waals surface area contributed by atoms with Crippen LogP contribution in [0.15, 0.2) is 71.3 Å². The minimum absolute atomic E-state index is 0.0975. The quantitative estimate of drug-likeness (QED) is 0.703. The number of anilines is 2. The zero-order chi connectivity index (χ0) is 20.9. The van der Waals surface area contributed by atoms with E-state index in [1.807, 2.05) is 29.2 Å². The maximum Gasteiger partial charge on any atom is 0.291 e. The molecule has 0 atom stereocenters. The van der Waals surface area contributed by atoms with E-state index in [1.165, 1.54) is 6.26 Å². The van der Waals surface area contributed by atoms with Gasteiger partial charge in [-0.1, -0.05) is 12.1 Å². The molecule has 1 saturated heterocycles.